The fraction of sp³-hybridized carbons (Fsp3) is 0.188. The third-order valence-corrected chi connectivity index (χ3v) is 2.99. The van der Waals surface area contributed by atoms with Crippen LogP contribution in [0.1, 0.15) is 15.9 Å². The Morgan fingerprint density at radius 1 is 1.14 bits per heavy atom. The smallest absolute Gasteiger partial charge is 0.283 e. The van der Waals surface area contributed by atoms with Crippen LogP contribution in [0.2, 0.25) is 0 Å². The maximum atomic E-state index is 13.9. The minimum Gasteiger partial charge on any atom is -0.488 e. The van der Waals surface area contributed by atoms with Gasteiger partial charge in [0.25, 0.3) is 5.91 Å². The van der Waals surface area contributed by atoms with E-state index in [9.17, 15) is 9.18 Å². The van der Waals surface area contributed by atoms with Crippen molar-refractivity contribution in [1.29, 1.82) is 0 Å². The van der Waals surface area contributed by atoms with Gasteiger partial charge in [0.1, 0.15) is 23.7 Å². The van der Waals surface area contributed by atoms with Crippen molar-refractivity contribution in [2.75, 3.05) is 14.2 Å². The van der Waals surface area contributed by atoms with Gasteiger partial charge in [-0.1, -0.05) is 36.4 Å². The average molecular weight is 289 g/mol. The van der Waals surface area contributed by atoms with Crippen LogP contribution in [0.4, 0.5) is 4.39 Å². The molecule has 0 fully saturated rings. The zero-order chi connectivity index (χ0) is 15.2. The molecule has 0 saturated carbocycles. The molecule has 0 atom stereocenters. The number of halogens is 1. The highest BCUT2D eigenvalue weighted by Crippen LogP contribution is 2.24. The SMILES string of the molecule is CON(C)C(=O)c1c(F)cccc1OCc1ccccc1. The molecule has 0 heterocycles. The maximum Gasteiger partial charge on any atom is 0.283 e. The standard InChI is InChI=1S/C16H16FNO3/c1-18(20-2)16(19)15-13(17)9-6-10-14(15)21-11-12-7-4-3-5-8-12/h3-10H,11H2,1-2H3. The highest BCUT2D eigenvalue weighted by atomic mass is 19.1. The molecule has 0 spiro atoms. The van der Waals surface area contributed by atoms with Gasteiger partial charge in [0.2, 0.25) is 0 Å². The molecule has 0 aliphatic rings. The van der Waals surface area contributed by atoms with E-state index in [1.807, 2.05) is 30.3 Å². The van der Waals surface area contributed by atoms with Gasteiger partial charge in [-0.3, -0.25) is 9.63 Å². The van der Waals surface area contributed by atoms with Crippen molar-refractivity contribution < 1.29 is 18.8 Å². The molecule has 0 aliphatic carbocycles. The van der Waals surface area contributed by atoms with E-state index in [4.69, 9.17) is 9.57 Å². The maximum absolute atomic E-state index is 13.9. The van der Waals surface area contributed by atoms with Crippen molar-refractivity contribution in [2.45, 2.75) is 6.61 Å². The molecular formula is C16H16FNO3. The summed E-state index contributed by atoms with van der Waals surface area (Å²) < 4.78 is 19.5. The van der Waals surface area contributed by atoms with Gasteiger partial charge in [-0.2, -0.15) is 0 Å². The van der Waals surface area contributed by atoms with Crippen molar-refractivity contribution in [3.8, 4) is 5.75 Å². The summed E-state index contributed by atoms with van der Waals surface area (Å²) in [7, 11) is 2.75. The van der Waals surface area contributed by atoms with Gasteiger partial charge in [0, 0.05) is 7.05 Å². The van der Waals surface area contributed by atoms with E-state index in [0.717, 1.165) is 10.6 Å². The molecule has 0 aliphatic heterocycles. The van der Waals surface area contributed by atoms with Crippen LogP contribution in [0.3, 0.4) is 0 Å². The number of hydroxylamine groups is 2. The number of rotatable bonds is 5. The molecule has 0 N–H and O–H groups in total. The second-order valence-corrected chi connectivity index (χ2v) is 4.37. The van der Waals surface area contributed by atoms with Gasteiger partial charge in [0.15, 0.2) is 0 Å². The van der Waals surface area contributed by atoms with E-state index in [2.05, 4.69) is 0 Å². The third kappa shape index (κ3) is 3.58. The number of ether oxygens (including phenoxy) is 1. The molecule has 0 saturated heterocycles. The van der Waals surface area contributed by atoms with Crippen molar-refractivity contribution in [2.24, 2.45) is 0 Å². The summed E-state index contributed by atoms with van der Waals surface area (Å²) >= 11 is 0. The quantitative estimate of drug-likeness (QED) is 0.794. The lowest BCUT2D eigenvalue weighted by Crippen LogP contribution is -2.26. The largest absolute Gasteiger partial charge is 0.488 e. The Bertz CT molecular complexity index is 616. The van der Waals surface area contributed by atoms with Gasteiger partial charge >= 0.3 is 0 Å². The molecule has 110 valence electrons. The monoisotopic (exact) mass is 289 g/mol. The van der Waals surface area contributed by atoms with Gasteiger partial charge in [-0.25, -0.2) is 9.45 Å². The van der Waals surface area contributed by atoms with E-state index in [0.29, 0.717) is 0 Å². The number of benzene rings is 2. The lowest BCUT2D eigenvalue weighted by molar-refractivity contribution is -0.0761. The molecule has 0 radical (unpaired) electrons. The number of carbonyl (C=O) groups excluding carboxylic acids is 1. The predicted molar refractivity (Wildman–Crippen MR) is 76.3 cm³/mol. The number of nitrogens with zero attached hydrogens (tertiary/aromatic N) is 1. The normalized spacial score (nSPS) is 10.2. The topological polar surface area (TPSA) is 38.8 Å². The lowest BCUT2D eigenvalue weighted by atomic mass is 10.1. The predicted octanol–water partition coefficient (Wildman–Crippen LogP) is 3.04. The summed E-state index contributed by atoms with van der Waals surface area (Å²) in [5, 5.41) is 0.952. The van der Waals surface area contributed by atoms with Crippen LogP contribution in [0.5, 0.6) is 5.75 Å². The highest BCUT2D eigenvalue weighted by molar-refractivity contribution is 5.96. The summed E-state index contributed by atoms with van der Waals surface area (Å²) in [6, 6.07) is 13.7. The third-order valence-electron chi connectivity index (χ3n) is 2.99. The van der Waals surface area contributed by atoms with E-state index < -0.39 is 11.7 Å². The minimum atomic E-state index is -0.644. The first-order chi connectivity index (χ1) is 10.1. The summed E-state index contributed by atoms with van der Waals surface area (Å²) in [4.78, 5) is 16.9. The molecule has 0 unspecified atom stereocenters. The molecule has 2 rings (SSSR count). The Kier molecular flexibility index (Phi) is 4.90. The second-order valence-electron chi connectivity index (χ2n) is 4.37. The van der Waals surface area contributed by atoms with Crippen LogP contribution in [0.25, 0.3) is 0 Å². The summed E-state index contributed by atoms with van der Waals surface area (Å²) in [6.07, 6.45) is 0. The number of hydrogen-bond donors (Lipinski definition) is 0. The van der Waals surface area contributed by atoms with E-state index in [1.54, 1.807) is 6.07 Å². The first-order valence-electron chi connectivity index (χ1n) is 6.41. The Balaban J connectivity index is 2.23. The van der Waals surface area contributed by atoms with E-state index in [1.165, 1.54) is 26.3 Å². The fourth-order valence-electron chi connectivity index (χ4n) is 1.81. The molecule has 2 aromatic carbocycles. The van der Waals surface area contributed by atoms with Crippen molar-refractivity contribution >= 4 is 5.91 Å². The fourth-order valence-corrected chi connectivity index (χ4v) is 1.81. The van der Waals surface area contributed by atoms with Crippen LogP contribution in [0, 0.1) is 5.82 Å². The van der Waals surface area contributed by atoms with Crippen molar-refractivity contribution in [3.05, 3.63) is 65.5 Å². The van der Waals surface area contributed by atoms with Crippen LogP contribution in [0.15, 0.2) is 48.5 Å². The summed E-state index contributed by atoms with van der Waals surface area (Å²) in [5.41, 5.74) is 0.790. The Hall–Kier alpha value is -2.40. The Morgan fingerprint density at radius 2 is 1.86 bits per heavy atom. The van der Waals surface area contributed by atoms with Crippen molar-refractivity contribution in [1.82, 2.24) is 5.06 Å². The highest BCUT2D eigenvalue weighted by Gasteiger charge is 2.21. The minimum absolute atomic E-state index is 0.141. The first kappa shape index (κ1) is 15.0. The number of amides is 1. The summed E-state index contributed by atoms with van der Waals surface area (Å²) in [6.45, 7) is 0.251. The van der Waals surface area contributed by atoms with Gasteiger partial charge < -0.3 is 4.74 Å². The first-order valence-corrected chi connectivity index (χ1v) is 6.41. The van der Waals surface area contributed by atoms with Gasteiger partial charge in [-0.15, -0.1) is 0 Å². The van der Waals surface area contributed by atoms with E-state index in [-0.39, 0.29) is 17.9 Å². The molecule has 2 aromatic rings. The molecule has 0 aromatic heterocycles. The number of hydrogen-bond acceptors (Lipinski definition) is 3. The van der Waals surface area contributed by atoms with Crippen LogP contribution in [-0.2, 0) is 11.4 Å². The van der Waals surface area contributed by atoms with Crippen molar-refractivity contribution in [3.63, 3.8) is 0 Å². The van der Waals surface area contributed by atoms with E-state index >= 15 is 0 Å². The molecule has 1 amide bonds. The molecule has 0 bridgehead atoms. The number of carbonyl (C=O) groups is 1. The van der Waals surface area contributed by atoms with Gasteiger partial charge in [0.05, 0.1) is 7.11 Å². The zero-order valence-corrected chi connectivity index (χ0v) is 11.9. The molecule has 21 heavy (non-hydrogen) atoms. The van der Waals surface area contributed by atoms with Crippen LogP contribution >= 0.6 is 0 Å². The van der Waals surface area contributed by atoms with Crippen LogP contribution in [-0.4, -0.2) is 25.1 Å². The van der Waals surface area contributed by atoms with Gasteiger partial charge in [-0.05, 0) is 17.7 Å². The second kappa shape index (κ2) is 6.85. The lowest BCUT2D eigenvalue weighted by Gasteiger charge is -2.17. The molecular weight excluding hydrogens is 273 g/mol. The average Bonchev–Trinajstić information content (AvgIpc) is 2.52. The molecule has 4 nitrogen and oxygen atoms in total. The summed E-state index contributed by atoms with van der Waals surface area (Å²) in [5.74, 6) is -1.05. The Labute approximate surface area is 122 Å². The van der Waals surface area contributed by atoms with Crippen LogP contribution < -0.4 is 4.74 Å². The molecule has 5 heteroatoms. The Morgan fingerprint density at radius 3 is 2.52 bits per heavy atom. The zero-order valence-electron chi connectivity index (χ0n) is 11.9.